The minimum absolute atomic E-state index is 0.00444. The second-order valence-electron chi connectivity index (χ2n) is 3.40. The number of tetrazole rings is 1. The number of ether oxygens (including phenoxy) is 1. The number of ketones is 1. The molecule has 1 atom stereocenters. The molecule has 7 heteroatoms. The van der Waals surface area contributed by atoms with Gasteiger partial charge >= 0.3 is 0 Å². The number of hydrogen-bond acceptors (Lipinski definition) is 6. The summed E-state index contributed by atoms with van der Waals surface area (Å²) in [6, 6.07) is 0. The van der Waals surface area contributed by atoms with Gasteiger partial charge in [0, 0.05) is 13.1 Å². The molecular weight excluding hydrogens is 198 g/mol. The van der Waals surface area contributed by atoms with E-state index in [1.54, 1.807) is 7.05 Å². The minimum Gasteiger partial charge on any atom is -0.368 e. The Morgan fingerprint density at radius 3 is 3.20 bits per heavy atom. The first-order valence-electron chi connectivity index (χ1n) is 4.83. The van der Waals surface area contributed by atoms with Crippen LogP contribution >= 0.6 is 0 Å². The van der Waals surface area contributed by atoms with Gasteiger partial charge < -0.3 is 10.1 Å². The lowest BCUT2D eigenvalue weighted by atomic mass is 10.1. The molecule has 1 aromatic rings. The second-order valence-corrected chi connectivity index (χ2v) is 3.40. The minimum atomic E-state index is -0.373. The van der Waals surface area contributed by atoms with E-state index >= 15 is 0 Å². The lowest BCUT2D eigenvalue weighted by Gasteiger charge is -2.21. The van der Waals surface area contributed by atoms with Gasteiger partial charge in [0.2, 0.25) is 0 Å². The molecule has 1 N–H and O–H groups in total. The van der Waals surface area contributed by atoms with Gasteiger partial charge in [-0.3, -0.25) is 4.79 Å². The van der Waals surface area contributed by atoms with E-state index in [9.17, 15) is 4.79 Å². The predicted molar refractivity (Wildman–Crippen MR) is 50.1 cm³/mol. The van der Waals surface area contributed by atoms with Crippen molar-refractivity contribution in [2.24, 2.45) is 7.05 Å². The summed E-state index contributed by atoms with van der Waals surface area (Å²) in [7, 11) is 1.67. The van der Waals surface area contributed by atoms with Crippen LogP contribution in [0.2, 0.25) is 0 Å². The van der Waals surface area contributed by atoms with E-state index in [4.69, 9.17) is 4.74 Å². The fourth-order valence-corrected chi connectivity index (χ4v) is 1.44. The van der Waals surface area contributed by atoms with Crippen LogP contribution in [0.5, 0.6) is 0 Å². The van der Waals surface area contributed by atoms with Gasteiger partial charge in [0.15, 0.2) is 11.6 Å². The van der Waals surface area contributed by atoms with Crippen molar-refractivity contribution < 1.29 is 9.53 Å². The molecule has 1 fully saturated rings. The summed E-state index contributed by atoms with van der Waals surface area (Å²) < 4.78 is 5.32. The van der Waals surface area contributed by atoms with Crippen molar-refractivity contribution in [3.05, 3.63) is 5.82 Å². The molecule has 0 amide bonds. The number of morpholine rings is 1. The van der Waals surface area contributed by atoms with Gasteiger partial charge in [0.05, 0.1) is 20.1 Å². The van der Waals surface area contributed by atoms with E-state index in [-0.39, 0.29) is 18.3 Å². The van der Waals surface area contributed by atoms with Crippen LogP contribution in [-0.4, -0.2) is 51.8 Å². The quantitative estimate of drug-likeness (QED) is 0.642. The van der Waals surface area contributed by atoms with Gasteiger partial charge in [-0.05, 0) is 5.21 Å². The molecule has 1 unspecified atom stereocenters. The molecule has 1 aliphatic rings. The highest BCUT2D eigenvalue weighted by Gasteiger charge is 2.22. The lowest BCUT2D eigenvalue weighted by Crippen LogP contribution is -2.43. The van der Waals surface area contributed by atoms with Gasteiger partial charge in [0.25, 0.3) is 0 Å². The van der Waals surface area contributed by atoms with E-state index in [2.05, 4.69) is 20.7 Å². The van der Waals surface area contributed by atoms with Crippen LogP contribution in [0, 0.1) is 0 Å². The number of nitrogens with zero attached hydrogens (tertiary/aromatic N) is 4. The highest BCUT2D eigenvalue weighted by Crippen LogP contribution is 2.01. The molecule has 2 heterocycles. The van der Waals surface area contributed by atoms with E-state index in [0.29, 0.717) is 19.0 Å². The standard InChI is InChI=1S/C8H13N5O2/c1-13-11-8(10-12-13)4-6(14)7-5-9-2-3-15-7/h7,9H,2-5H2,1H3. The fourth-order valence-electron chi connectivity index (χ4n) is 1.44. The average Bonchev–Trinajstić information content (AvgIpc) is 2.65. The SMILES string of the molecule is Cn1nnc(CC(=O)C2CNCCO2)n1. The summed E-state index contributed by atoms with van der Waals surface area (Å²) in [6.07, 6.45) is -0.192. The number of carbonyl (C=O) groups is 1. The molecule has 0 bridgehead atoms. The van der Waals surface area contributed by atoms with Crippen molar-refractivity contribution in [2.75, 3.05) is 19.7 Å². The van der Waals surface area contributed by atoms with Gasteiger partial charge in [0.1, 0.15) is 6.10 Å². The second kappa shape index (κ2) is 4.45. The maximum Gasteiger partial charge on any atom is 0.182 e. The van der Waals surface area contributed by atoms with E-state index < -0.39 is 0 Å². The topological polar surface area (TPSA) is 81.9 Å². The molecular formula is C8H13N5O2. The van der Waals surface area contributed by atoms with Crippen molar-refractivity contribution in [1.82, 2.24) is 25.5 Å². The Morgan fingerprint density at radius 1 is 1.73 bits per heavy atom. The molecule has 7 nitrogen and oxygen atoms in total. The third kappa shape index (κ3) is 2.57. The molecule has 1 saturated heterocycles. The first-order valence-corrected chi connectivity index (χ1v) is 4.83. The van der Waals surface area contributed by atoms with Crippen molar-refractivity contribution in [3.8, 4) is 0 Å². The normalized spacial score (nSPS) is 21.5. The van der Waals surface area contributed by atoms with E-state index in [1.165, 1.54) is 4.80 Å². The zero-order chi connectivity index (χ0) is 10.7. The summed E-state index contributed by atoms with van der Waals surface area (Å²) >= 11 is 0. The van der Waals surface area contributed by atoms with E-state index in [1.807, 2.05) is 0 Å². The lowest BCUT2D eigenvalue weighted by molar-refractivity contribution is -0.131. The molecule has 0 spiro atoms. The zero-order valence-electron chi connectivity index (χ0n) is 8.51. The Balaban J connectivity index is 1.91. The number of aryl methyl sites for hydroxylation is 1. The van der Waals surface area contributed by atoms with Crippen molar-refractivity contribution in [3.63, 3.8) is 0 Å². The van der Waals surface area contributed by atoms with Crippen LogP contribution in [0.3, 0.4) is 0 Å². The smallest absolute Gasteiger partial charge is 0.182 e. The predicted octanol–water partition coefficient (Wildman–Crippen LogP) is -1.69. The highest BCUT2D eigenvalue weighted by molar-refractivity contribution is 5.84. The molecule has 0 radical (unpaired) electrons. The van der Waals surface area contributed by atoms with Gasteiger partial charge in [-0.2, -0.15) is 4.80 Å². The third-order valence-corrected chi connectivity index (χ3v) is 2.17. The summed E-state index contributed by atoms with van der Waals surface area (Å²) in [6.45, 7) is 1.94. The first-order chi connectivity index (χ1) is 7.25. The Hall–Kier alpha value is -1.34. The van der Waals surface area contributed by atoms with Crippen molar-refractivity contribution >= 4 is 5.78 Å². The summed E-state index contributed by atoms with van der Waals surface area (Å²) in [5, 5.41) is 14.5. The molecule has 1 aromatic heterocycles. The molecule has 1 aliphatic heterocycles. The number of nitrogens with one attached hydrogen (secondary N) is 1. The Kier molecular flexibility index (Phi) is 3.02. The molecule has 0 saturated carbocycles. The Bertz CT molecular complexity index is 345. The zero-order valence-corrected chi connectivity index (χ0v) is 8.51. The number of Topliss-reactive ketones (excluding diaryl/α,β-unsaturated/α-hetero) is 1. The number of hydrogen-bond donors (Lipinski definition) is 1. The van der Waals surface area contributed by atoms with Crippen LogP contribution in [0.25, 0.3) is 0 Å². The largest absolute Gasteiger partial charge is 0.368 e. The number of carbonyl (C=O) groups excluding carboxylic acids is 1. The maximum absolute atomic E-state index is 11.7. The summed E-state index contributed by atoms with van der Waals surface area (Å²) in [4.78, 5) is 13.0. The number of aromatic nitrogens is 4. The van der Waals surface area contributed by atoms with Gasteiger partial charge in [-0.25, -0.2) is 0 Å². The monoisotopic (exact) mass is 211 g/mol. The highest BCUT2D eigenvalue weighted by atomic mass is 16.5. The Labute approximate surface area is 86.8 Å². The molecule has 2 rings (SSSR count). The molecule has 15 heavy (non-hydrogen) atoms. The Morgan fingerprint density at radius 2 is 2.60 bits per heavy atom. The van der Waals surface area contributed by atoms with Crippen molar-refractivity contribution in [2.45, 2.75) is 12.5 Å². The average molecular weight is 211 g/mol. The molecule has 0 aromatic carbocycles. The van der Waals surface area contributed by atoms with Gasteiger partial charge in [-0.15, -0.1) is 10.2 Å². The van der Waals surface area contributed by atoms with Crippen LogP contribution in [0.15, 0.2) is 0 Å². The third-order valence-electron chi connectivity index (χ3n) is 2.17. The first kappa shape index (κ1) is 10.2. The molecule has 0 aliphatic carbocycles. The van der Waals surface area contributed by atoms with Crippen LogP contribution in [-0.2, 0) is 23.0 Å². The van der Waals surface area contributed by atoms with Crippen LogP contribution in [0.4, 0.5) is 0 Å². The summed E-state index contributed by atoms with van der Waals surface area (Å²) in [5.41, 5.74) is 0. The van der Waals surface area contributed by atoms with Crippen molar-refractivity contribution in [1.29, 1.82) is 0 Å². The fraction of sp³-hybridized carbons (Fsp3) is 0.750. The summed E-state index contributed by atoms with van der Waals surface area (Å²) in [5.74, 6) is 0.437. The maximum atomic E-state index is 11.7. The molecule has 82 valence electrons. The van der Waals surface area contributed by atoms with E-state index in [0.717, 1.165) is 6.54 Å². The van der Waals surface area contributed by atoms with Crippen LogP contribution < -0.4 is 5.32 Å². The number of rotatable bonds is 3. The van der Waals surface area contributed by atoms with Crippen LogP contribution in [0.1, 0.15) is 5.82 Å². The van der Waals surface area contributed by atoms with Gasteiger partial charge in [-0.1, -0.05) is 0 Å².